The summed E-state index contributed by atoms with van der Waals surface area (Å²) in [6.45, 7) is 0. The van der Waals surface area contributed by atoms with Crippen LogP contribution in [-0.4, -0.2) is 17.7 Å². The zero-order chi connectivity index (χ0) is 19.3. The van der Waals surface area contributed by atoms with E-state index < -0.39 is 0 Å². The van der Waals surface area contributed by atoms with Gasteiger partial charge in [-0.2, -0.15) is 0 Å². The van der Waals surface area contributed by atoms with Gasteiger partial charge in [0.25, 0.3) is 0 Å². The SMILES string of the molecule is O=C(Cc1ccccc1)Nc1cccc(N2C(=O)[C@@H]3[C@H](C2=O)[C@H]2C=C[C@H]3C2)c1. The first-order chi connectivity index (χ1) is 13.6. The Morgan fingerprint density at radius 2 is 1.61 bits per heavy atom. The van der Waals surface area contributed by atoms with Gasteiger partial charge in [-0.1, -0.05) is 48.6 Å². The number of hydrogen-bond donors (Lipinski definition) is 1. The fourth-order valence-electron chi connectivity index (χ4n) is 4.87. The molecule has 5 rings (SSSR count). The number of nitrogens with one attached hydrogen (secondary N) is 1. The van der Waals surface area contributed by atoms with Gasteiger partial charge in [-0.3, -0.25) is 14.4 Å². The highest BCUT2D eigenvalue weighted by molar-refractivity contribution is 6.23. The molecule has 5 nitrogen and oxygen atoms in total. The van der Waals surface area contributed by atoms with E-state index >= 15 is 0 Å². The average Bonchev–Trinajstić information content (AvgIpc) is 3.36. The van der Waals surface area contributed by atoms with Gasteiger partial charge in [0.1, 0.15) is 0 Å². The van der Waals surface area contributed by atoms with E-state index in [4.69, 9.17) is 0 Å². The van der Waals surface area contributed by atoms with Crippen molar-refractivity contribution in [2.75, 3.05) is 10.2 Å². The van der Waals surface area contributed by atoms with Crippen molar-refractivity contribution in [3.63, 3.8) is 0 Å². The van der Waals surface area contributed by atoms with Crippen LogP contribution in [0.4, 0.5) is 11.4 Å². The first-order valence-corrected chi connectivity index (χ1v) is 9.62. The van der Waals surface area contributed by atoms with Gasteiger partial charge < -0.3 is 5.32 Å². The van der Waals surface area contributed by atoms with Crippen LogP contribution in [0.25, 0.3) is 0 Å². The van der Waals surface area contributed by atoms with Gasteiger partial charge in [0.05, 0.1) is 23.9 Å². The summed E-state index contributed by atoms with van der Waals surface area (Å²) in [6.07, 6.45) is 5.35. The highest BCUT2D eigenvalue weighted by atomic mass is 16.2. The Balaban J connectivity index is 1.34. The van der Waals surface area contributed by atoms with Gasteiger partial charge in [-0.25, -0.2) is 4.90 Å². The zero-order valence-electron chi connectivity index (χ0n) is 15.2. The number of allylic oxidation sites excluding steroid dienone is 2. The number of rotatable bonds is 4. The van der Waals surface area contributed by atoms with E-state index in [1.165, 1.54) is 4.90 Å². The van der Waals surface area contributed by atoms with Crippen LogP contribution < -0.4 is 10.2 Å². The molecule has 2 aromatic rings. The van der Waals surface area contributed by atoms with Gasteiger partial charge in [-0.15, -0.1) is 0 Å². The molecule has 2 aliphatic carbocycles. The Hall–Kier alpha value is -3.21. The summed E-state index contributed by atoms with van der Waals surface area (Å²) >= 11 is 0. The summed E-state index contributed by atoms with van der Waals surface area (Å²) in [4.78, 5) is 39.5. The second-order valence-corrected chi connectivity index (χ2v) is 7.77. The zero-order valence-corrected chi connectivity index (χ0v) is 15.2. The van der Waals surface area contributed by atoms with Gasteiger partial charge in [0.2, 0.25) is 17.7 Å². The number of benzene rings is 2. The summed E-state index contributed by atoms with van der Waals surface area (Å²) < 4.78 is 0. The Morgan fingerprint density at radius 1 is 0.929 bits per heavy atom. The van der Waals surface area contributed by atoms with E-state index in [9.17, 15) is 14.4 Å². The Bertz CT molecular complexity index is 968. The highest BCUT2D eigenvalue weighted by Crippen LogP contribution is 2.53. The second-order valence-electron chi connectivity index (χ2n) is 7.77. The van der Waals surface area contributed by atoms with Crippen molar-refractivity contribution >= 4 is 29.1 Å². The number of amides is 3. The first kappa shape index (κ1) is 16.9. The van der Waals surface area contributed by atoms with Gasteiger partial charge in [0.15, 0.2) is 0 Å². The molecular formula is C23H20N2O3. The van der Waals surface area contributed by atoms with E-state index in [0.29, 0.717) is 11.4 Å². The molecule has 1 saturated heterocycles. The lowest BCUT2D eigenvalue weighted by Crippen LogP contribution is -2.32. The smallest absolute Gasteiger partial charge is 0.238 e. The quantitative estimate of drug-likeness (QED) is 0.662. The third-order valence-electron chi connectivity index (χ3n) is 6.07. The number of nitrogens with zero attached hydrogens (tertiary/aromatic N) is 1. The van der Waals surface area contributed by atoms with Crippen LogP contribution in [-0.2, 0) is 20.8 Å². The molecule has 2 fully saturated rings. The van der Waals surface area contributed by atoms with Crippen molar-refractivity contribution in [2.24, 2.45) is 23.7 Å². The summed E-state index contributed by atoms with van der Waals surface area (Å²) in [6, 6.07) is 16.5. The van der Waals surface area contributed by atoms with Crippen LogP contribution >= 0.6 is 0 Å². The molecule has 1 heterocycles. The van der Waals surface area contributed by atoms with Crippen molar-refractivity contribution in [1.29, 1.82) is 0 Å². The Kier molecular flexibility index (Phi) is 3.90. The minimum absolute atomic E-state index is 0.111. The molecule has 3 aliphatic rings. The molecule has 3 amide bonds. The van der Waals surface area contributed by atoms with Crippen LogP contribution in [0.3, 0.4) is 0 Å². The summed E-state index contributed by atoms with van der Waals surface area (Å²) in [7, 11) is 0. The number of imide groups is 1. The molecule has 0 radical (unpaired) electrons. The standard InChI is InChI=1S/C23H20N2O3/c26-19(11-14-5-2-1-3-6-14)24-17-7-4-8-18(13-17)25-22(27)20-15-9-10-16(12-15)21(20)23(25)28/h1-10,13,15-16,20-21H,11-12H2,(H,24,26)/t15-,16-,20-,21+/m0/s1. The predicted molar refractivity (Wildman–Crippen MR) is 105 cm³/mol. The van der Waals surface area contributed by atoms with Crippen LogP contribution in [0, 0.1) is 23.7 Å². The van der Waals surface area contributed by atoms with E-state index in [1.54, 1.807) is 24.3 Å². The van der Waals surface area contributed by atoms with Crippen LogP contribution in [0.1, 0.15) is 12.0 Å². The maximum atomic E-state index is 12.9. The fraction of sp³-hybridized carbons (Fsp3) is 0.261. The number of hydrogen-bond acceptors (Lipinski definition) is 3. The van der Waals surface area contributed by atoms with Crippen molar-refractivity contribution in [3.8, 4) is 0 Å². The second kappa shape index (κ2) is 6.44. The minimum atomic E-state index is -0.223. The third kappa shape index (κ3) is 2.66. The van der Waals surface area contributed by atoms with Crippen LogP contribution in [0.5, 0.6) is 0 Å². The van der Waals surface area contributed by atoms with Crippen molar-refractivity contribution in [1.82, 2.24) is 0 Å². The monoisotopic (exact) mass is 372 g/mol. The molecule has 1 aliphatic heterocycles. The molecule has 2 bridgehead atoms. The lowest BCUT2D eigenvalue weighted by Gasteiger charge is -2.18. The topological polar surface area (TPSA) is 66.5 Å². The van der Waals surface area contributed by atoms with E-state index in [2.05, 4.69) is 17.5 Å². The normalized spacial score (nSPS) is 27.4. The van der Waals surface area contributed by atoms with Crippen molar-refractivity contribution in [3.05, 3.63) is 72.3 Å². The largest absolute Gasteiger partial charge is 0.326 e. The number of carbonyl (C=O) groups excluding carboxylic acids is 3. The maximum Gasteiger partial charge on any atom is 0.238 e. The third-order valence-corrected chi connectivity index (χ3v) is 6.07. The lowest BCUT2D eigenvalue weighted by atomic mass is 9.85. The predicted octanol–water partition coefficient (Wildman–Crippen LogP) is 3.18. The molecule has 0 spiro atoms. The molecule has 2 aromatic carbocycles. The van der Waals surface area contributed by atoms with E-state index in [1.807, 2.05) is 30.3 Å². The first-order valence-electron chi connectivity index (χ1n) is 9.62. The number of anilines is 2. The molecule has 1 saturated carbocycles. The molecule has 140 valence electrons. The molecule has 5 heteroatoms. The van der Waals surface area contributed by atoms with E-state index in [0.717, 1.165) is 12.0 Å². The fourth-order valence-corrected chi connectivity index (χ4v) is 4.87. The number of fused-ring (bicyclic) bond motifs is 5. The Morgan fingerprint density at radius 3 is 2.29 bits per heavy atom. The highest BCUT2D eigenvalue weighted by Gasteiger charge is 2.59. The molecule has 4 atom stereocenters. The Labute approximate surface area is 163 Å². The van der Waals surface area contributed by atoms with Crippen molar-refractivity contribution < 1.29 is 14.4 Å². The molecule has 1 N–H and O–H groups in total. The molecule has 0 unspecified atom stereocenters. The van der Waals surface area contributed by atoms with E-state index in [-0.39, 0.29) is 47.8 Å². The molecular weight excluding hydrogens is 352 g/mol. The van der Waals surface area contributed by atoms with Gasteiger partial charge in [0, 0.05) is 5.69 Å². The minimum Gasteiger partial charge on any atom is -0.326 e. The summed E-state index contributed by atoms with van der Waals surface area (Å²) in [5, 5.41) is 2.86. The van der Waals surface area contributed by atoms with Crippen LogP contribution in [0.2, 0.25) is 0 Å². The summed E-state index contributed by atoms with van der Waals surface area (Å²) in [5.74, 6) is -0.436. The van der Waals surface area contributed by atoms with Gasteiger partial charge >= 0.3 is 0 Å². The maximum absolute atomic E-state index is 12.9. The van der Waals surface area contributed by atoms with Crippen molar-refractivity contribution in [2.45, 2.75) is 12.8 Å². The molecule has 28 heavy (non-hydrogen) atoms. The average molecular weight is 372 g/mol. The lowest BCUT2D eigenvalue weighted by molar-refractivity contribution is -0.123. The van der Waals surface area contributed by atoms with Crippen LogP contribution in [0.15, 0.2) is 66.7 Å². The van der Waals surface area contributed by atoms with Gasteiger partial charge in [-0.05, 0) is 42.0 Å². The number of carbonyl (C=O) groups is 3. The molecule has 0 aromatic heterocycles. The summed E-state index contributed by atoms with van der Waals surface area (Å²) in [5.41, 5.74) is 2.04.